The van der Waals surface area contributed by atoms with Gasteiger partial charge in [-0.15, -0.1) is 11.3 Å². The van der Waals surface area contributed by atoms with E-state index in [0.29, 0.717) is 16.8 Å². The highest BCUT2D eigenvalue weighted by Crippen LogP contribution is 2.35. The fourth-order valence-electron chi connectivity index (χ4n) is 2.07. The van der Waals surface area contributed by atoms with Crippen molar-refractivity contribution in [3.63, 3.8) is 0 Å². The van der Waals surface area contributed by atoms with Crippen molar-refractivity contribution < 1.29 is 9.53 Å². The minimum atomic E-state index is -0.369. The summed E-state index contributed by atoms with van der Waals surface area (Å²) >= 11 is 7.31. The molecule has 0 N–H and O–H groups in total. The largest absolute Gasteiger partial charge is 0.447 e. The zero-order valence-corrected chi connectivity index (χ0v) is 12.7. The highest BCUT2D eigenvalue weighted by atomic mass is 35.5. The second-order valence-corrected chi connectivity index (χ2v) is 6.50. The first kappa shape index (κ1) is 13.4. The van der Waals surface area contributed by atoms with Gasteiger partial charge in [0, 0.05) is 16.0 Å². The van der Waals surface area contributed by atoms with Crippen LogP contribution in [-0.4, -0.2) is 23.2 Å². The van der Waals surface area contributed by atoms with Crippen LogP contribution in [-0.2, 0) is 4.74 Å². The van der Waals surface area contributed by atoms with Gasteiger partial charge in [-0.2, -0.15) is 0 Å². The SMILES string of the molecule is CC1(C)COC(=O)N1c1nc(-c2ccc(Cl)cc2)cs1. The zero-order chi connectivity index (χ0) is 14.3. The molecule has 0 atom stereocenters. The molecule has 1 amide bonds. The Kier molecular flexibility index (Phi) is 3.18. The Morgan fingerprint density at radius 1 is 1.35 bits per heavy atom. The van der Waals surface area contributed by atoms with Crippen LogP contribution in [0.4, 0.5) is 9.93 Å². The number of hydrogen-bond donors (Lipinski definition) is 0. The monoisotopic (exact) mass is 308 g/mol. The highest BCUT2D eigenvalue weighted by Gasteiger charge is 2.42. The van der Waals surface area contributed by atoms with Crippen LogP contribution >= 0.6 is 22.9 Å². The molecule has 1 saturated heterocycles. The van der Waals surface area contributed by atoms with Crippen molar-refractivity contribution in [2.75, 3.05) is 11.5 Å². The number of rotatable bonds is 2. The van der Waals surface area contributed by atoms with Gasteiger partial charge in [0.25, 0.3) is 0 Å². The van der Waals surface area contributed by atoms with E-state index in [2.05, 4.69) is 4.98 Å². The maximum Gasteiger partial charge on any atom is 0.416 e. The van der Waals surface area contributed by atoms with Gasteiger partial charge in [0.1, 0.15) is 6.61 Å². The molecule has 1 aliphatic heterocycles. The first-order chi connectivity index (χ1) is 9.47. The van der Waals surface area contributed by atoms with Crippen LogP contribution in [0.3, 0.4) is 0 Å². The molecule has 20 heavy (non-hydrogen) atoms. The van der Waals surface area contributed by atoms with Gasteiger partial charge in [0.05, 0.1) is 11.2 Å². The van der Waals surface area contributed by atoms with Crippen LogP contribution in [0, 0.1) is 0 Å². The molecule has 1 aromatic heterocycles. The maximum atomic E-state index is 11.8. The average Bonchev–Trinajstić information content (AvgIpc) is 2.95. The molecule has 6 heteroatoms. The number of thiazole rings is 1. The number of cyclic esters (lactones) is 1. The number of benzene rings is 1. The Bertz CT molecular complexity index is 651. The lowest BCUT2D eigenvalue weighted by Gasteiger charge is -2.24. The number of amides is 1. The van der Waals surface area contributed by atoms with Crippen LogP contribution < -0.4 is 4.90 Å². The number of carbonyl (C=O) groups is 1. The molecule has 4 nitrogen and oxygen atoms in total. The summed E-state index contributed by atoms with van der Waals surface area (Å²) < 4.78 is 5.10. The van der Waals surface area contributed by atoms with Crippen LogP contribution in [0.15, 0.2) is 29.6 Å². The highest BCUT2D eigenvalue weighted by molar-refractivity contribution is 7.14. The summed E-state index contributed by atoms with van der Waals surface area (Å²) in [5.41, 5.74) is 1.44. The second-order valence-electron chi connectivity index (χ2n) is 5.22. The van der Waals surface area contributed by atoms with Crippen molar-refractivity contribution >= 4 is 34.2 Å². The van der Waals surface area contributed by atoms with E-state index >= 15 is 0 Å². The third-order valence-corrected chi connectivity index (χ3v) is 4.24. The van der Waals surface area contributed by atoms with Gasteiger partial charge in [-0.05, 0) is 26.0 Å². The quantitative estimate of drug-likeness (QED) is 0.835. The molecule has 0 saturated carbocycles. The molecule has 0 unspecified atom stereocenters. The van der Waals surface area contributed by atoms with Gasteiger partial charge in [0.2, 0.25) is 0 Å². The molecule has 2 heterocycles. The lowest BCUT2D eigenvalue weighted by molar-refractivity contribution is 0.175. The summed E-state index contributed by atoms with van der Waals surface area (Å²) in [5.74, 6) is 0. The Morgan fingerprint density at radius 2 is 2.05 bits per heavy atom. The molecule has 2 aromatic rings. The first-order valence-electron chi connectivity index (χ1n) is 6.16. The van der Waals surface area contributed by atoms with Crippen molar-refractivity contribution in [2.45, 2.75) is 19.4 Å². The summed E-state index contributed by atoms with van der Waals surface area (Å²) in [5, 5.41) is 3.27. The van der Waals surface area contributed by atoms with Crippen molar-refractivity contribution in [1.82, 2.24) is 4.98 Å². The molecular weight excluding hydrogens is 296 g/mol. The van der Waals surface area contributed by atoms with E-state index in [0.717, 1.165) is 11.3 Å². The molecule has 0 spiro atoms. The summed E-state index contributed by atoms with van der Waals surface area (Å²) in [7, 11) is 0. The van der Waals surface area contributed by atoms with Crippen molar-refractivity contribution in [3.8, 4) is 11.3 Å². The van der Waals surface area contributed by atoms with Crippen LogP contribution in [0.25, 0.3) is 11.3 Å². The Morgan fingerprint density at radius 3 is 2.65 bits per heavy atom. The smallest absolute Gasteiger partial charge is 0.416 e. The van der Waals surface area contributed by atoms with Crippen LogP contribution in [0.5, 0.6) is 0 Å². The van der Waals surface area contributed by atoms with Crippen LogP contribution in [0.1, 0.15) is 13.8 Å². The minimum Gasteiger partial charge on any atom is -0.447 e. The van der Waals surface area contributed by atoms with E-state index in [4.69, 9.17) is 16.3 Å². The predicted octanol–water partition coefficient (Wildman–Crippen LogP) is 4.20. The summed E-state index contributed by atoms with van der Waals surface area (Å²) in [6.07, 6.45) is -0.341. The number of ether oxygens (including phenoxy) is 1. The molecule has 0 radical (unpaired) electrons. The van der Waals surface area contributed by atoms with Crippen molar-refractivity contribution in [2.24, 2.45) is 0 Å². The Hall–Kier alpha value is -1.59. The maximum absolute atomic E-state index is 11.8. The minimum absolute atomic E-state index is 0.341. The molecule has 0 bridgehead atoms. The van der Waals surface area contributed by atoms with Gasteiger partial charge < -0.3 is 4.74 Å². The average molecular weight is 309 g/mol. The number of carbonyl (C=O) groups excluding carboxylic acids is 1. The summed E-state index contributed by atoms with van der Waals surface area (Å²) in [6.45, 7) is 4.30. The van der Waals surface area contributed by atoms with Crippen molar-refractivity contribution in [1.29, 1.82) is 0 Å². The fourth-order valence-corrected chi connectivity index (χ4v) is 3.18. The summed E-state index contributed by atoms with van der Waals surface area (Å²) in [4.78, 5) is 18.0. The van der Waals surface area contributed by atoms with Gasteiger partial charge in [-0.25, -0.2) is 14.7 Å². The lowest BCUT2D eigenvalue weighted by Crippen LogP contribution is -2.42. The third-order valence-electron chi connectivity index (χ3n) is 3.16. The first-order valence-corrected chi connectivity index (χ1v) is 7.41. The zero-order valence-electron chi connectivity index (χ0n) is 11.1. The number of nitrogens with zero attached hydrogens (tertiary/aromatic N) is 2. The lowest BCUT2D eigenvalue weighted by atomic mass is 10.1. The van der Waals surface area contributed by atoms with Crippen LogP contribution in [0.2, 0.25) is 5.02 Å². The number of halogens is 1. The molecule has 3 rings (SSSR count). The standard InChI is InChI=1S/C14H13ClN2O2S/c1-14(2)8-19-13(18)17(14)12-16-11(7-20-12)9-3-5-10(15)6-4-9/h3-7H,8H2,1-2H3. The summed E-state index contributed by atoms with van der Waals surface area (Å²) in [6, 6.07) is 7.47. The van der Waals surface area contributed by atoms with E-state index in [-0.39, 0.29) is 11.6 Å². The predicted molar refractivity (Wildman–Crippen MR) is 80.5 cm³/mol. The Balaban J connectivity index is 1.94. The van der Waals surface area contributed by atoms with E-state index < -0.39 is 0 Å². The van der Waals surface area contributed by atoms with Gasteiger partial charge in [-0.3, -0.25) is 0 Å². The number of anilines is 1. The molecule has 1 fully saturated rings. The topological polar surface area (TPSA) is 42.4 Å². The van der Waals surface area contributed by atoms with E-state index in [1.807, 2.05) is 43.5 Å². The molecular formula is C14H13ClN2O2S. The number of aromatic nitrogens is 1. The van der Waals surface area contributed by atoms with Crippen molar-refractivity contribution in [3.05, 3.63) is 34.7 Å². The van der Waals surface area contributed by atoms with Gasteiger partial charge in [-0.1, -0.05) is 23.7 Å². The third kappa shape index (κ3) is 2.27. The molecule has 104 valence electrons. The van der Waals surface area contributed by atoms with E-state index in [1.165, 1.54) is 11.3 Å². The molecule has 0 aliphatic carbocycles. The van der Waals surface area contributed by atoms with E-state index in [1.54, 1.807) is 4.90 Å². The Labute approximate surface area is 126 Å². The molecule has 1 aliphatic rings. The van der Waals surface area contributed by atoms with Gasteiger partial charge in [0.15, 0.2) is 5.13 Å². The second kappa shape index (κ2) is 4.75. The normalized spacial score (nSPS) is 17.4. The fraction of sp³-hybridized carbons (Fsp3) is 0.286. The van der Waals surface area contributed by atoms with Gasteiger partial charge >= 0.3 is 6.09 Å². The number of hydrogen-bond acceptors (Lipinski definition) is 4. The molecule has 1 aromatic carbocycles. The van der Waals surface area contributed by atoms with E-state index in [9.17, 15) is 4.79 Å².